The van der Waals surface area contributed by atoms with Crippen molar-refractivity contribution in [3.05, 3.63) is 29.8 Å². The monoisotopic (exact) mass is 334 g/mol. The molecule has 0 spiro atoms. The average molecular weight is 334 g/mol. The Kier molecular flexibility index (Phi) is 8.56. The van der Waals surface area contributed by atoms with Gasteiger partial charge in [0.2, 0.25) is 0 Å². The van der Waals surface area contributed by atoms with Gasteiger partial charge in [-0.05, 0) is 18.6 Å². The normalized spacial score (nSPS) is 11.8. The molecule has 126 valence electrons. The van der Waals surface area contributed by atoms with Crippen molar-refractivity contribution in [3.8, 4) is 0 Å². The lowest BCUT2D eigenvalue weighted by Gasteiger charge is -2.06. The van der Waals surface area contributed by atoms with Crippen LogP contribution in [0.5, 0.6) is 0 Å². The molecule has 1 rings (SSSR count). The van der Waals surface area contributed by atoms with Gasteiger partial charge in [0.15, 0.2) is 0 Å². The third-order valence-corrected chi connectivity index (χ3v) is 4.75. The highest BCUT2D eigenvalue weighted by Gasteiger charge is 2.20. The second-order valence-corrected chi connectivity index (χ2v) is 6.91. The van der Waals surface area contributed by atoms with Crippen LogP contribution >= 0.6 is 0 Å². The summed E-state index contributed by atoms with van der Waals surface area (Å²) in [5, 5.41) is 0. The van der Waals surface area contributed by atoms with Crippen LogP contribution in [0.2, 0.25) is 0 Å². The molecule has 1 aromatic rings. The number of benzene rings is 1. The third kappa shape index (κ3) is 6.83. The standard InChI is InChI=1S/C16H24F2O3S/c1-2-3-4-5-6-7-8-9-12-21-22(19,20)16-11-10-14(17)13-15(16)18/h10-11,13H,2-9,12H2,1H3. The highest BCUT2D eigenvalue weighted by Crippen LogP contribution is 2.18. The molecule has 0 N–H and O–H groups in total. The number of halogens is 2. The first-order valence-electron chi connectivity index (χ1n) is 7.82. The number of rotatable bonds is 11. The van der Waals surface area contributed by atoms with E-state index in [-0.39, 0.29) is 6.61 Å². The van der Waals surface area contributed by atoms with Gasteiger partial charge in [-0.2, -0.15) is 8.42 Å². The number of unbranched alkanes of at least 4 members (excludes halogenated alkanes) is 7. The Bertz CT molecular complexity index is 544. The largest absolute Gasteiger partial charge is 0.299 e. The molecule has 0 saturated heterocycles. The van der Waals surface area contributed by atoms with Crippen LogP contribution in [0.4, 0.5) is 8.78 Å². The van der Waals surface area contributed by atoms with Crippen molar-refractivity contribution in [3.63, 3.8) is 0 Å². The molecule has 0 amide bonds. The van der Waals surface area contributed by atoms with E-state index in [1.807, 2.05) is 0 Å². The molecule has 0 saturated carbocycles. The molecule has 0 bridgehead atoms. The molecule has 0 heterocycles. The van der Waals surface area contributed by atoms with Gasteiger partial charge >= 0.3 is 0 Å². The summed E-state index contributed by atoms with van der Waals surface area (Å²) in [5.74, 6) is -1.95. The first-order valence-corrected chi connectivity index (χ1v) is 9.22. The smallest absolute Gasteiger partial charge is 0.266 e. The van der Waals surface area contributed by atoms with Gasteiger partial charge in [0.1, 0.15) is 16.5 Å². The summed E-state index contributed by atoms with van der Waals surface area (Å²) in [6.45, 7) is 2.19. The molecular weight excluding hydrogens is 310 g/mol. The predicted molar refractivity (Wildman–Crippen MR) is 82.1 cm³/mol. The fraction of sp³-hybridized carbons (Fsp3) is 0.625. The third-order valence-electron chi connectivity index (χ3n) is 3.40. The van der Waals surface area contributed by atoms with Crippen molar-refractivity contribution in [1.29, 1.82) is 0 Å². The van der Waals surface area contributed by atoms with Crippen LogP contribution in [-0.2, 0) is 14.3 Å². The lowest BCUT2D eigenvalue weighted by atomic mass is 10.1. The highest BCUT2D eigenvalue weighted by atomic mass is 32.2. The molecule has 0 unspecified atom stereocenters. The number of hydrogen-bond acceptors (Lipinski definition) is 3. The predicted octanol–water partition coefficient (Wildman–Crippen LogP) is 4.81. The summed E-state index contributed by atoms with van der Waals surface area (Å²) in [4.78, 5) is -0.617. The Hall–Kier alpha value is -1.01. The minimum Gasteiger partial charge on any atom is -0.266 e. The van der Waals surface area contributed by atoms with Crippen LogP contribution in [0.1, 0.15) is 58.3 Å². The Balaban J connectivity index is 2.26. The molecule has 6 heteroatoms. The van der Waals surface area contributed by atoms with Crippen molar-refractivity contribution in [1.82, 2.24) is 0 Å². The quantitative estimate of drug-likeness (QED) is 0.431. The van der Waals surface area contributed by atoms with Crippen molar-refractivity contribution in [2.75, 3.05) is 6.61 Å². The average Bonchev–Trinajstić information content (AvgIpc) is 2.45. The first kappa shape index (κ1) is 19.0. The van der Waals surface area contributed by atoms with Crippen LogP contribution in [0.25, 0.3) is 0 Å². The lowest BCUT2D eigenvalue weighted by molar-refractivity contribution is 0.304. The highest BCUT2D eigenvalue weighted by molar-refractivity contribution is 7.86. The van der Waals surface area contributed by atoms with Crippen molar-refractivity contribution < 1.29 is 21.4 Å². The lowest BCUT2D eigenvalue weighted by Crippen LogP contribution is -2.09. The molecule has 0 atom stereocenters. The maximum Gasteiger partial charge on any atom is 0.299 e. The minimum absolute atomic E-state index is 0.0219. The Morgan fingerprint density at radius 1 is 0.955 bits per heavy atom. The van der Waals surface area contributed by atoms with Gasteiger partial charge in [0.25, 0.3) is 10.1 Å². The molecule has 0 radical (unpaired) electrons. The summed E-state index contributed by atoms with van der Waals surface area (Å²) in [7, 11) is -4.15. The van der Waals surface area contributed by atoms with Gasteiger partial charge in [0.05, 0.1) is 6.61 Å². The molecule has 0 aromatic heterocycles. The van der Waals surface area contributed by atoms with E-state index in [1.165, 1.54) is 25.7 Å². The van der Waals surface area contributed by atoms with E-state index >= 15 is 0 Å². The summed E-state index contributed by atoms with van der Waals surface area (Å²) >= 11 is 0. The van der Waals surface area contributed by atoms with Crippen LogP contribution in [0, 0.1) is 11.6 Å². The van der Waals surface area contributed by atoms with Crippen molar-refractivity contribution >= 4 is 10.1 Å². The van der Waals surface area contributed by atoms with Crippen molar-refractivity contribution in [2.24, 2.45) is 0 Å². The fourth-order valence-corrected chi connectivity index (χ4v) is 3.14. The van der Waals surface area contributed by atoms with Gasteiger partial charge < -0.3 is 0 Å². The van der Waals surface area contributed by atoms with E-state index in [9.17, 15) is 17.2 Å². The Morgan fingerprint density at radius 2 is 1.55 bits per heavy atom. The van der Waals surface area contributed by atoms with Crippen LogP contribution < -0.4 is 0 Å². The Labute approximate surface area is 131 Å². The minimum atomic E-state index is -4.15. The molecule has 22 heavy (non-hydrogen) atoms. The van der Waals surface area contributed by atoms with Crippen molar-refractivity contribution in [2.45, 2.75) is 63.2 Å². The zero-order chi connectivity index (χ0) is 16.4. The molecule has 0 aliphatic heterocycles. The fourth-order valence-electron chi connectivity index (χ4n) is 2.15. The van der Waals surface area contributed by atoms with E-state index < -0.39 is 26.6 Å². The van der Waals surface area contributed by atoms with Gasteiger partial charge in [0, 0.05) is 6.07 Å². The van der Waals surface area contributed by atoms with Crippen LogP contribution in [0.15, 0.2) is 23.1 Å². The van der Waals surface area contributed by atoms with Gasteiger partial charge in [-0.15, -0.1) is 0 Å². The van der Waals surface area contributed by atoms with Gasteiger partial charge in [-0.25, -0.2) is 8.78 Å². The molecular formula is C16H24F2O3S. The SMILES string of the molecule is CCCCCCCCCCOS(=O)(=O)c1ccc(F)cc1F. The summed E-state index contributed by atoms with van der Waals surface area (Å²) in [6.07, 6.45) is 8.58. The van der Waals surface area contributed by atoms with Gasteiger partial charge in [-0.3, -0.25) is 4.18 Å². The van der Waals surface area contributed by atoms with E-state index in [0.717, 1.165) is 31.4 Å². The van der Waals surface area contributed by atoms with Crippen LogP contribution in [0.3, 0.4) is 0 Å². The summed E-state index contributed by atoms with van der Waals surface area (Å²) in [6, 6.07) is 2.32. The second kappa shape index (κ2) is 9.90. The molecule has 1 aromatic carbocycles. The van der Waals surface area contributed by atoms with E-state index in [2.05, 4.69) is 6.92 Å². The maximum atomic E-state index is 13.4. The second-order valence-electron chi connectivity index (χ2n) is 5.33. The molecule has 3 nitrogen and oxygen atoms in total. The zero-order valence-corrected chi connectivity index (χ0v) is 13.8. The van der Waals surface area contributed by atoms with Crippen LogP contribution in [-0.4, -0.2) is 15.0 Å². The van der Waals surface area contributed by atoms with E-state index in [4.69, 9.17) is 4.18 Å². The van der Waals surface area contributed by atoms with E-state index in [1.54, 1.807) is 0 Å². The van der Waals surface area contributed by atoms with Gasteiger partial charge in [-0.1, -0.05) is 51.9 Å². The summed E-state index contributed by atoms with van der Waals surface area (Å²) in [5.41, 5.74) is 0. The maximum absolute atomic E-state index is 13.4. The Morgan fingerprint density at radius 3 is 2.14 bits per heavy atom. The topological polar surface area (TPSA) is 43.4 Å². The first-order chi connectivity index (χ1) is 10.5. The molecule has 0 aliphatic carbocycles. The zero-order valence-electron chi connectivity index (χ0n) is 13.0. The number of hydrogen-bond donors (Lipinski definition) is 0. The molecule has 0 aliphatic rings. The summed E-state index contributed by atoms with van der Waals surface area (Å²) < 4.78 is 54.6. The molecule has 0 fully saturated rings. The van der Waals surface area contributed by atoms with E-state index in [0.29, 0.717) is 12.5 Å².